The maximum Gasteiger partial charge on any atom is 0.271 e. The Morgan fingerprint density at radius 3 is 2.88 bits per heavy atom. The van der Waals surface area contributed by atoms with Gasteiger partial charge >= 0.3 is 0 Å². The summed E-state index contributed by atoms with van der Waals surface area (Å²) < 4.78 is 28.4. The highest BCUT2D eigenvalue weighted by Crippen LogP contribution is 2.28. The minimum atomic E-state index is -0.813. The lowest BCUT2D eigenvalue weighted by Crippen LogP contribution is -2.27. The molecule has 2 aromatic heterocycles. The first kappa shape index (κ1) is 15.9. The average Bonchev–Trinajstić information content (AvgIpc) is 2.97. The number of benzene rings is 1. The number of aromatic nitrogens is 2. The van der Waals surface area contributed by atoms with E-state index >= 15 is 0 Å². The Morgan fingerprint density at radius 2 is 2.04 bits per heavy atom. The van der Waals surface area contributed by atoms with Gasteiger partial charge in [0.1, 0.15) is 17.2 Å². The number of amides is 1. The van der Waals surface area contributed by atoms with Gasteiger partial charge in [0, 0.05) is 22.8 Å². The van der Waals surface area contributed by atoms with E-state index in [-0.39, 0.29) is 11.3 Å². The lowest BCUT2D eigenvalue weighted by Gasteiger charge is -2.10. The maximum absolute atomic E-state index is 13.7. The summed E-state index contributed by atoms with van der Waals surface area (Å²) in [4.78, 5) is 31.0. The van der Waals surface area contributed by atoms with Crippen molar-refractivity contribution in [2.75, 3.05) is 5.32 Å². The first-order valence-electron chi connectivity index (χ1n) is 7.83. The highest BCUT2D eigenvalue weighted by Gasteiger charge is 2.22. The number of carbonyl (C=O) groups is 1. The fourth-order valence-corrected chi connectivity index (χ4v) is 4.17. The fraction of sp³-hybridized carbons (Fsp3) is 0.235. The van der Waals surface area contributed by atoms with Crippen LogP contribution in [0.1, 0.15) is 33.8 Å². The lowest BCUT2D eigenvalue weighted by molar-refractivity contribution is 0.102. The molecule has 1 aromatic carbocycles. The predicted octanol–water partition coefficient (Wildman–Crippen LogP) is 3.17. The standard InChI is InChI=1S/C17H13F2N3O2S/c18-9-5-6-11(19)12(7-9)21-15(23)10-8-20-17-22(16(10)24)13-3-1-2-4-14(13)25-17/h5-8H,1-4H2,(H,21,23). The molecule has 1 amide bonds. The second kappa shape index (κ2) is 6.03. The molecule has 0 saturated carbocycles. The van der Waals surface area contributed by atoms with E-state index < -0.39 is 23.1 Å². The zero-order chi connectivity index (χ0) is 17.6. The van der Waals surface area contributed by atoms with Crippen LogP contribution in [-0.2, 0) is 12.8 Å². The number of nitrogens with one attached hydrogen (secondary N) is 1. The molecule has 0 unspecified atom stereocenters. The normalized spacial score (nSPS) is 13.7. The summed E-state index contributed by atoms with van der Waals surface area (Å²) in [5, 5.41) is 2.24. The molecule has 0 aliphatic heterocycles. The summed E-state index contributed by atoms with van der Waals surface area (Å²) in [6.07, 6.45) is 4.91. The maximum atomic E-state index is 13.7. The molecule has 1 N–H and O–H groups in total. The van der Waals surface area contributed by atoms with Crippen LogP contribution in [0.3, 0.4) is 0 Å². The molecular weight excluding hydrogens is 348 g/mol. The van der Waals surface area contributed by atoms with Crippen molar-refractivity contribution in [3.63, 3.8) is 0 Å². The van der Waals surface area contributed by atoms with E-state index in [2.05, 4.69) is 10.3 Å². The molecule has 25 heavy (non-hydrogen) atoms. The molecule has 3 aromatic rings. The Kier molecular flexibility index (Phi) is 3.84. The van der Waals surface area contributed by atoms with Crippen LogP contribution in [-0.4, -0.2) is 15.3 Å². The van der Waals surface area contributed by atoms with Crippen LogP contribution in [0.2, 0.25) is 0 Å². The summed E-state index contributed by atoms with van der Waals surface area (Å²) in [5.41, 5.74) is -0.108. The smallest absolute Gasteiger partial charge is 0.271 e. The second-order valence-electron chi connectivity index (χ2n) is 5.85. The third kappa shape index (κ3) is 2.72. The van der Waals surface area contributed by atoms with E-state index in [0.717, 1.165) is 54.5 Å². The molecule has 0 fully saturated rings. The van der Waals surface area contributed by atoms with Crippen LogP contribution in [0.25, 0.3) is 4.96 Å². The van der Waals surface area contributed by atoms with E-state index in [1.54, 1.807) is 0 Å². The van der Waals surface area contributed by atoms with Crippen LogP contribution >= 0.6 is 11.3 Å². The Hall–Kier alpha value is -2.61. The summed E-state index contributed by atoms with van der Waals surface area (Å²) in [6.45, 7) is 0. The Morgan fingerprint density at radius 1 is 1.24 bits per heavy atom. The third-order valence-electron chi connectivity index (χ3n) is 4.22. The molecule has 1 aliphatic rings. The summed E-state index contributed by atoms with van der Waals surface area (Å²) >= 11 is 1.45. The Labute approximate surface area is 145 Å². The molecule has 2 heterocycles. The average molecular weight is 361 g/mol. The van der Waals surface area contributed by atoms with Crippen LogP contribution in [0, 0.1) is 11.6 Å². The van der Waals surface area contributed by atoms with E-state index in [9.17, 15) is 18.4 Å². The van der Waals surface area contributed by atoms with Gasteiger partial charge in [-0.2, -0.15) is 0 Å². The van der Waals surface area contributed by atoms with Gasteiger partial charge in [-0.25, -0.2) is 13.8 Å². The monoisotopic (exact) mass is 361 g/mol. The number of hydrogen-bond acceptors (Lipinski definition) is 4. The molecule has 128 valence electrons. The van der Waals surface area contributed by atoms with Crippen LogP contribution in [0.5, 0.6) is 0 Å². The highest BCUT2D eigenvalue weighted by atomic mass is 32.1. The van der Waals surface area contributed by atoms with Crippen molar-refractivity contribution in [2.45, 2.75) is 25.7 Å². The van der Waals surface area contributed by atoms with Crippen LogP contribution < -0.4 is 10.9 Å². The van der Waals surface area contributed by atoms with E-state index in [0.29, 0.717) is 4.96 Å². The molecule has 5 nitrogen and oxygen atoms in total. The zero-order valence-electron chi connectivity index (χ0n) is 13.0. The van der Waals surface area contributed by atoms with Gasteiger partial charge in [-0.3, -0.25) is 14.0 Å². The molecule has 0 bridgehead atoms. The number of thiazole rings is 1. The first-order valence-corrected chi connectivity index (χ1v) is 8.65. The molecule has 1 aliphatic carbocycles. The molecule has 0 spiro atoms. The molecular formula is C17H13F2N3O2S. The fourth-order valence-electron chi connectivity index (χ4n) is 3.01. The van der Waals surface area contributed by atoms with Crippen LogP contribution in [0.4, 0.5) is 14.5 Å². The van der Waals surface area contributed by atoms with Gasteiger partial charge in [-0.05, 0) is 37.8 Å². The number of anilines is 1. The quantitative estimate of drug-likeness (QED) is 0.763. The number of rotatable bonds is 2. The van der Waals surface area contributed by atoms with Gasteiger partial charge in [-0.1, -0.05) is 0 Å². The van der Waals surface area contributed by atoms with E-state index in [4.69, 9.17) is 0 Å². The van der Waals surface area contributed by atoms with E-state index in [1.807, 2.05) is 0 Å². The van der Waals surface area contributed by atoms with Gasteiger partial charge in [0.25, 0.3) is 11.5 Å². The third-order valence-corrected chi connectivity index (χ3v) is 5.38. The number of carbonyl (C=O) groups excluding carboxylic acids is 1. The van der Waals surface area contributed by atoms with Crippen molar-refractivity contribution < 1.29 is 13.6 Å². The van der Waals surface area contributed by atoms with Crippen molar-refractivity contribution >= 4 is 27.9 Å². The minimum absolute atomic E-state index is 0.202. The second-order valence-corrected chi connectivity index (χ2v) is 6.91. The number of aryl methyl sites for hydroxylation is 2. The van der Waals surface area contributed by atoms with Crippen molar-refractivity contribution in [3.8, 4) is 0 Å². The van der Waals surface area contributed by atoms with Crippen molar-refractivity contribution in [2.24, 2.45) is 0 Å². The number of fused-ring (bicyclic) bond motifs is 3. The minimum Gasteiger partial charge on any atom is -0.319 e. The van der Waals surface area contributed by atoms with Gasteiger partial charge in [0.05, 0.1) is 5.69 Å². The van der Waals surface area contributed by atoms with Gasteiger partial charge in [-0.15, -0.1) is 11.3 Å². The number of hydrogen-bond donors (Lipinski definition) is 1. The Balaban J connectivity index is 1.76. The van der Waals surface area contributed by atoms with Crippen molar-refractivity contribution in [3.05, 3.63) is 62.5 Å². The summed E-state index contributed by atoms with van der Waals surface area (Å²) in [6, 6.07) is 2.73. The van der Waals surface area contributed by atoms with Gasteiger partial charge in [0.15, 0.2) is 4.96 Å². The number of nitrogens with zero attached hydrogens (tertiary/aromatic N) is 2. The van der Waals surface area contributed by atoms with Gasteiger partial charge in [0.2, 0.25) is 0 Å². The van der Waals surface area contributed by atoms with E-state index in [1.165, 1.54) is 21.9 Å². The SMILES string of the molecule is O=C(Nc1cc(F)ccc1F)c1cnc2sc3c(n2c1=O)CCCC3. The summed E-state index contributed by atoms with van der Waals surface area (Å²) in [5.74, 6) is -2.28. The first-order chi connectivity index (χ1) is 12.0. The van der Waals surface area contributed by atoms with Crippen molar-refractivity contribution in [1.29, 1.82) is 0 Å². The zero-order valence-corrected chi connectivity index (χ0v) is 13.8. The largest absolute Gasteiger partial charge is 0.319 e. The van der Waals surface area contributed by atoms with Crippen molar-refractivity contribution in [1.82, 2.24) is 9.38 Å². The highest BCUT2D eigenvalue weighted by molar-refractivity contribution is 7.17. The molecule has 4 rings (SSSR count). The number of halogens is 2. The molecule has 0 radical (unpaired) electrons. The lowest BCUT2D eigenvalue weighted by atomic mass is 10.0. The van der Waals surface area contributed by atoms with Crippen LogP contribution in [0.15, 0.2) is 29.2 Å². The topological polar surface area (TPSA) is 63.5 Å². The Bertz CT molecular complexity index is 1060. The van der Waals surface area contributed by atoms with Gasteiger partial charge < -0.3 is 5.32 Å². The molecule has 8 heteroatoms. The summed E-state index contributed by atoms with van der Waals surface area (Å²) in [7, 11) is 0. The molecule has 0 atom stereocenters. The molecule has 0 saturated heterocycles. The predicted molar refractivity (Wildman–Crippen MR) is 90.3 cm³/mol.